The fraction of sp³-hybridized carbons (Fsp3) is 0.462. The fourth-order valence-electron chi connectivity index (χ4n) is 1.79. The van der Waals surface area contributed by atoms with Crippen molar-refractivity contribution in [2.75, 3.05) is 18.1 Å². The number of benzene rings is 1. The summed E-state index contributed by atoms with van der Waals surface area (Å²) >= 11 is 5.70. The van der Waals surface area contributed by atoms with Crippen molar-refractivity contribution < 1.29 is 18.8 Å². The zero-order valence-corrected chi connectivity index (χ0v) is 12.7. The van der Waals surface area contributed by atoms with Gasteiger partial charge in [0.15, 0.2) is 0 Å². The lowest BCUT2D eigenvalue weighted by Gasteiger charge is -2.27. The van der Waals surface area contributed by atoms with Crippen LogP contribution in [0.5, 0.6) is 0 Å². The largest absolute Gasteiger partial charge is 0.465 e. The summed E-state index contributed by atoms with van der Waals surface area (Å²) in [4.78, 5) is 23.4. The van der Waals surface area contributed by atoms with Gasteiger partial charge in [-0.15, -0.1) is 0 Å². The monoisotopic (exact) mass is 318 g/mol. The molecule has 116 valence electrons. The van der Waals surface area contributed by atoms with E-state index in [4.69, 9.17) is 16.3 Å². The number of esters is 1. The van der Waals surface area contributed by atoms with Gasteiger partial charge in [0.2, 0.25) is 0 Å². The molecule has 0 fully saturated rings. The van der Waals surface area contributed by atoms with Gasteiger partial charge in [0.1, 0.15) is 18.0 Å². The van der Waals surface area contributed by atoms with Gasteiger partial charge in [-0.25, -0.2) is 4.39 Å². The van der Waals surface area contributed by atoms with Crippen LogP contribution in [0.25, 0.3) is 0 Å². The molecule has 0 amide bonds. The van der Waals surface area contributed by atoms with Gasteiger partial charge in [-0.05, 0) is 26.8 Å². The molecule has 0 atom stereocenters. The SMILES string of the molecule is CCOC(=O)CN(c1cc(Cl)c(F)cc1[N+](=O)[O-])C(C)C. The van der Waals surface area contributed by atoms with Crippen molar-refractivity contribution in [1.29, 1.82) is 0 Å². The highest BCUT2D eigenvalue weighted by Crippen LogP contribution is 2.34. The van der Waals surface area contributed by atoms with E-state index in [-0.39, 0.29) is 29.9 Å². The number of carbonyl (C=O) groups is 1. The molecule has 0 aliphatic carbocycles. The Bertz CT molecular complexity index is 551. The van der Waals surface area contributed by atoms with Gasteiger partial charge in [-0.3, -0.25) is 14.9 Å². The standard InChI is InChI=1S/C13H16ClFN2O4/c1-4-21-13(18)7-16(8(2)3)11-5-9(14)10(15)6-12(11)17(19)20/h5-6,8H,4,7H2,1-3H3. The Morgan fingerprint density at radius 2 is 2.14 bits per heavy atom. The van der Waals surface area contributed by atoms with Crippen molar-refractivity contribution in [3.63, 3.8) is 0 Å². The van der Waals surface area contributed by atoms with Crippen molar-refractivity contribution in [2.24, 2.45) is 0 Å². The first-order chi connectivity index (χ1) is 9.77. The Balaban J connectivity index is 3.27. The summed E-state index contributed by atoms with van der Waals surface area (Å²) in [5.74, 6) is -1.41. The number of hydrogen-bond acceptors (Lipinski definition) is 5. The molecule has 21 heavy (non-hydrogen) atoms. The van der Waals surface area contributed by atoms with Crippen LogP contribution < -0.4 is 4.90 Å². The Hall–Kier alpha value is -1.89. The first-order valence-corrected chi connectivity index (χ1v) is 6.71. The van der Waals surface area contributed by atoms with Gasteiger partial charge < -0.3 is 9.64 Å². The molecule has 0 heterocycles. The first-order valence-electron chi connectivity index (χ1n) is 6.33. The summed E-state index contributed by atoms with van der Waals surface area (Å²) in [6.45, 7) is 5.18. The molecule has 1 rings (SSSR count). The van der Waals surface area contributed by atoms with E-state index in [2.05, 4.69) is 0 Å². The second kappa shape index (κ2) is 7.21. The third-order valence-corrected chi connectivity index (χ3v) is 3.04. The van der Waals surface area contributed by atoms with Crippen LogP contribution >= 0.6 is 11.6 Å². The van der Waals surface area contributed by atoms with Gasteiger partial charge in [-0.1, -0.05) is 11.6 Å². The van der Waals surface area contributed by atoms with Gasteiger partial charge in [0, 0.05) is 6.04 Å². The predicted octanol–water partition coefficient (Wildman–Crippen LogP) is 3.17. The second-order valence-electron chi connectivity index (χ2n) is 4.54. The molecule has 0 radical (unpaired) electrons. The number of nitrogens with zero attached hydrogens (tertiary/aromatic N) is 2. The summed E-state index contributed by atoms with van der Waals surface area (Å²) in [5, 5.41) is 10.8. The van der Waals surface area contributed by atoms with Crippen LogP contribution in [0.15, 0.2) is 12.1 Å². The number of carbonyl (C=O) groups excluding carboxylic acids is 1. The fourth-order valence-corrected chi connectivity index (χ4v) is 1.95. The molecular weight excluding hydrogens is 303 g/mol. The lowest BCUT2D eigenvalue weighted by atomic mass is 10.2. The number of rotatable bonds is 6. The van der Waals surface area contributed by atoms with Gasteiger partial charge >= 0.3 is 5.97 Å². The van der Waals surface area contributed by atoms with E-state index in [0.29, 0.717) is 0 Å². The molecule has 8 heteroatoms. The van der Waals surface area contributed by atoms with Crippen LogP contribution in [0.4, 0.5) is 15.8 Å². The van der Waals surface area contributed by atoms with Crippen LogP contribution in [0.2, 0.25) is 5.02 Å². The summed E-state index contributed by atoms with van der Waals surface area (Å²) in [6.07, 6.45) is 0. The van der Waals surface area contributed by atoms with Crippen LogP contribution in [-0.4, -0.2) is 30.1 Å². The van der Waals surface area contributed by atoms with Crippen molar-refractivity contribution in [1.82, 2.24) is 0 Å². The smallest absolute Gasteiger partial charge is 0.325 e. The topological polar surface area (TPSA) is 72.7 Å². The van der Waals surface area contributed by atoms with Crippen LogP contribution in [0.3, 0.4) is 0 Å². The number of halogens is 2. The third-order valence-electron chi connectivity index (χ3n) is 2.75. The highest BCUT2D eigenvalue weighted by Gasteiger charge is 2.26. The lowest BCUT2D eigenvalue weighted by molar-refractivity contribution is -0.384. The molecule has 0 saturated carbocycles. The first kappa shape index (κ1) is 17.2. The van der Waals surface area contributed by atoms with E-state index in [1.165, 1.54) is 4.90 Å². The van der Waals surface area contributed by atoms with Crippen LogP contribution in [-0.2, 0) is 9.53 Å². The van der Waals surface area contributed by atoms with Gasteiger partial charge in [-0.2, -0.15) is 0 Å². The van der Waals surface area contributed by atoms with Crippen molar-refractivity contribution in [3.8, 4) is 0 Å². The second-order valence-corrected chi connectivity index (χ2v) is 4.95. The molecule has 0 aliphatic rings. The van der Waals surface area contributed by atoms with Crippen molar-refractivity contribution in [2.45, 2.75) is 26.8 Å². The minimum atomic E-state index is -0.882. The molecule has 0 unspecified atom stereocenters. The lowest BCUT2D eigenvalue weighted by Crippen LogP contribution is -2.37. The van der Waals surface area contributed by atoms with Gasteiger partial charge in [0.25, 0.3) is 5.69 Å². The maximum atomic E-state index is 13.4. The minimum Gasteiger partial charge on any atom is -0.465 e. The molecule has 0 spiro atoms. The number of hydrogen-bond donors (Lipinski definition) is 0. The molecule has 6 nitrogen and oxygen atoms in total. The van der Waals surface area contributed by atoms with E-state index in [9.17, 15) is 19.3 Å². The molecule has 0 N–H and O–H groups in total. The summed E-state index contributed by atoms with van der Waals surface area (Å²) in [6, 6.07) is 1.65. The van der Waals surface area contributed by atoms with E-state index in [0.717, 1.165) is 12.1 Å². The normalized spacial score (nSPS) is 10.6. The third kappa shape index (κ3) is 4.29. The maximum absolute atomic E-state index is 13.4. The Morgan fingerprint density at radius 1 is 1.52 bits per heavy atom. The van der Waals surface area contributed by atoms with Crippen molar-refractivity contribution >= 4 is 28.9 Å². The van der Waals surface area contributed by atoms with Crippen molar-refractivity contribution in [3.05, 3.63) is 33.1 Å². The molecule has 1 aromatic carbocycles. The van der Waals surface area contributed by atoms with E-state index < -0.39 is 22.4 Å². The van der Waals surface area contributed by atoms with Crippen LogP contribution in [0.1, 0.15) is 20.8 Å². The maximum Gasteiger partial charge on any atom is 0.325 e. The average molecular weight is 319 g/mol. The van der Waals surface area contributed by atoms with E-state index >= 15 is 0 Å². The molecule has 0 bridgehead atoms. The number of ether oxygens (including phenoxy) is 1. The minimum absolute atomic E-state index is 0.0782. The molecule has 0 saturated heterocycles. The highest BCUT2D eigenvalue weighted by atomic mass is 35.5. The Morgan fingerprint density at radius 3 is 2.62 bits per heavy atom. The average Bonchev–Trinajstić information content (AvgIpc) is 2.38. The number of anilines is 1. The predicted molar refractivity (Wildman–Crippen MR) is 77.2 cm³/mol. The van der Waals surface area contributed by atoms with E-state index in [1.54, 1.807) is 20.8 Å². The molecule has 1 aromatic rings. The Kier molecular flexibility index (Phi) is 5.90. The quantitative estimate of drug-likeness (QED) is 0.457. The van der Waals surface area contributed by atoms with Gasteiger partial charge in [0.05, 0.1) is 22.6 Å². The molecule has 0 aliphatic heterocycles. The van der Waals surface area contributed by atoms with E-state index in [1.807, 2.05) is 0 Å². The highest BCUT2D eigenvalue weighted by molar-refractivity contribution is 6.31. The summed E-state index contributed by atoms with van der Waals surface area (Å²) in [5.41, 5.74) is -0.371. The molecular formula is C13H16ClFN2O4. The number of nitro benzene ring substituents is 1. The summed E-state index contributed by atoms with van der Waals surface area (Å²) in [7, 11) is 0. The zero-order valence-electron chi connectivity index (χ0n) is 11.9. The Labute approximate surface area is 126 Å². The molecule has 0 aromatic heterocycles. The summed E-state index contributed by atoms with van der Waals surface area (Å²) < 4.78 is 18.3. The zero-order chi connectivity index (χ0) is 16.2. The van der Waals surface area contributed by atoms with Crippen LogP contribution in [0, 0.1) is 15.9 Å². The number of nitro groups is 1.